The van der Waals surface area contributed by atoms with Gasteiger partial charge in [0.25, 0.3) is 0 Å². The van der Waals surface area contributed by atoms with Crippen LogP contribution in [0.4, 0.5) is 11.5 Å². The van der Waals surface area contributed by atoms with Gasteiger partial charge >= 0.3 is 0 Å². The molecule has 1 amide bonds. The molecule has 19 heavy (non-hydrogen) atoms. The molecular formula is C14H21N3O2. The molecule has 5 nitrogen and oxygen atoms in total. The summed E-state index contributed by atoms with van der Waals surface area (Å²) in [7, 11) is 3.85. The second-order valence-electron chi connectivity index (χ2n) is 5.03. The fourth-order valence-electron chi connectivity index (χ4n) is 2.15. The zero-order valence-corrected chi connectivity index (χ0v) is 11.6. The van der Waals surface area contributed by atoms with Gasteiger partial charge in [0.1, 0.15) is 5.82 Å². The maximum absolute atomic E-state index is 12.2. The molecule has 1 aromatic heterocycles. The third-order valence-corrected chi connectivity index (χ3v) is 3.29. The normalized spacial score (nSPS) is 19.6. The van der Waals surface area contributed by atoms with Crippen LogP contribution in [0.25, 0.3) is 0 Å². The molecule has 2 rings (SSSR count). The second-order valence-corrected chi connectivity index (χ2v) is 5.03. The molecule has 1 aromatic rings. The van der Waals surface area contributed by atoms with Crippen molar-refractivity contribution in [2.24, 2.45) is 5.92 Å². The SMILES string of the molecule is CN(C)c1cc(NC(=O)C2CCCOCC2)ccn1. The number of hydrogen-bond acceptors (Lipinski definition) is 4. The molecule has 104 valence electrons. The molecule has 1 unspecified atom stereocenters. The number of amides is 1. The van der Waals surface area contributed by atoms with Gasteiger partial charge in [-0.25, -0.2) is 4.98 Å². The lowest BCUT2D eigenvalue weighted by Crippen LogP contribution is -2.23. The van der Waals surface area contributed by atoms with E-state index in [-0.39, 0.29) is 11.8 Å². The fraction of sp³-hybridized carbons (Fsp3) is 0.571. The molecule has 0 aliphatic carbocycles. The Morgan fingerprint density at radius 3 is 3.05 bits per heavy atom. The Kier molecular flexibility index (Phi) is 4.74. The van der Waals surface area contributed by atoms with Crippen LogP contribution in [0.15, 0.2) is 18.3 Å². The van der Waals surface area contributed by atoms with Crippen LogP contribution in [0, 0.1) is 5.92 Å². The topological polar surface area (TPSA) is 54.5 Å². The van der Waals surface area contributed by atoms with E-state index in [1.165, 1.54) is 0 Å². The minimum absolute atomic E-state index is 0.0541. The van der Waals surface area contributed by atoms with Crippen LogP contribution in [0.2, 0.25) is 0 Å². The van der Waals surface area contributed by atoms with E-state index in [0.29, 0.717) is 6.61 Å². The summed E-state index contributed by atoms with van der Waals surface area (Å²) in [4.78, 5) is 18.3. The summed E-state index contributed by atoms with van der Waals surface area (Å²) in [6.07, 6.45) is 4.37. The number of pyridine rings is 1. The summed E-state index contributed by atoms with van der Waals surface area (Å²) < 4.78 is 5.38. The van der Waals surface area contributed by atoms with Crippen molar-refractivity contribution in [1.82, 2.24) is 4.98 Å². The van der Waals surface area contributed by atoms with Crippen molar-refractivity contribution in [2.75, 3.05) is 37.5 Å². The Bertz CT molecular complexity index is 426. The lowest BCUT2D eigenvalue weighted by atomic mass is 10.00. The van der Waals surface area contributed by atoms with E-state index in [2.05, 4.69) is 10.3 Å². The molecule has 0 bridgehead atoms. The van der Waals surface area contributed by atoms with Crippen molar-refractivity contribution < 1.29 is 9.53 Å². The van der Waals surface area contributed by atoms with Crippen LogP contribution in [0.3, 0.4) is 0 Å². The van der Waals surface area contributed by atoms with Crippen molar-refractivity contribution in [1.29, 1.82) is 0 Å². The summed E-state index contributed by atoms with van der Waals surface area (Å²) in [5, 5.41) is 2.97. The number of anilines is 2. The van der Waals surface area contributed by atoms with Crippen molar-refractivity contribution >= 4 is 17.4 Å². The van der Waals surface area contributed by atoms with E-state index in [0.717, 1.165) is 37.4 Å². The van der Waals surface area contributed by atoms with Gasteiger partial charge in [0, 0.05) is 51.2 Å². The van der Waals surface area contributed by atoms with E-state index in [4.69, 9.17) is 4.74 Å². The smallest absolute Gasteiger partial charge is 0.227 e. The number of carbonyl (C=O) groups is 1. The molecule has 2 heterocycles. The largest absolute Gasteiger partial charge is 0.381 e. The van der Waals surface area contributed by atoms with E-state index < -0.39 is 0 Å². The molecule has 1 saturated heterocycles. The molecule has 1 aliphatic rings. The first-order chi connectivity index (χ1) is 9.16. The van der Waals surface area contributed by atoms with Crippen LogP contribution in [0.5, 0.6) is 0 Å². The van der Waals surface area contributed by atoms with Gasteiger partial charge in [-0.05, 0) is 25.3 Å². The van der Waals surface area contributed by atoms with Gasteiger partial charge in [-0.15, -0.1) is 0 Å². The first-order valence-corrected chi connectivity index (χ1v) is 6.69. The van der Waals surface area contributed by atoms with E-state index in [9.17, 15) is 4.79 Å². The summed E-state index contributed by atoms with van der Waals surface area (Å²) in [6, 6.07) is 3.70. The zero-order valence-electron chi connectivity index (χ0n) is 11.6. The molecule has 0 saturated carbocycles. The molecule has 1 N–H and O–H groups in total. The molecule has 0 aromatic carbocycles. The Hall–Kier alpha value is -1.62. The summed E-state index contributed by atoms with van der Waals surface area (Å²) in [5.74, 6) is 0.974. The first-order valence-electron chi connectivity index (χ1n) is 6.69. The molecule has 5 heteroatoms. The first kappa shape index (κ1) is 13.8. The minimum Gasteiger partial charge on any atom is -0.381 e. The van der Waals surface area contributed by atoms with Crippen molar-refractivity contribution in [3.05, 3.63) is 18.3 Å². The average molecular weight is 263 g/mol. The standard InChI is InChI=1S/C14H21N3O2/c1-17(2)13-10-12(5-7-15-13)16-14(18)11-4-3-8-19-9-6-11/h5,7,10-11H,3-4,6,8-9H2,1-2H3,(H,15,16,18). The number of ether oxygens (including phenoxy) is 1. The third kappa shape index (κ3) is 3.92. The van der Waals surface area contributed by atoms with Crippen LogP contribution in [-0.4, -0.2) is 38.2 Å². The van der Waals surface area contributed by atoms with Crippen molar-refractivity contribution in [3.8, 4) is 0 Å². The molecule has 1 aliphatic heterocycles. The Morgan fingerprint density at radius 2 is 2.26 bits per heavy atom. The summed E-state index contributed by atoms with van der Waals surface area (Å²) in [6.45, 7) is 1.45. The maximum atomic E-state index is 12.2. The Balaban J connectivity index is 1.99. The molecule has 1 atom stereocenters. The van der Waals surface area contributed by atoms with Crippen molar-refractivity contribution in [3.63, 3.8) is 0 Å². The predicted molar refractivity (Wildman–Crippen MR) is 75.4 cm³/mol. The Labute approximate surface area is 114 Å². The molecule has 1 fully saturated rings. The van der Waals surface area contributed by atoms with Gasteiger partial charge in [0.05, 0.1) is 0 Å². The second kappa shape index (κ2) is 6.52. The lowest BCUT2D eigenvalue weighted by molar-refractivity contribution is -0.120. The quantitative estimate of drug-likeness (QED) is 0.905. The number of nitrogens with zero attached hydrogens (tertiary/aromatic N) is 2. The molecule has 0 spiro atoms. The highest BCUT2D eigenvalue weighted by Gasteiger charge is 2.20. The predicted octanol–water partition coefficient (Wildman–Crippen LogP) is 1.90. The highest BCUT2D eigenvalue weighted by molar-refractivity contribution is 5.92. The highest BCUT2D eigenvalue weighted by atomic mass is 16.5. The minimum atomic E-state index is 0.0541. The van der Waals surface area contributed by atoms with Gasteiger partial charge in [-0.2, -0.15) is 0 Å². The van der Waals surface area contributed by atoms with E-state index in [1.54, 1.807) is 6.20 Å². The summed E-state index contributed by atoms with van der Waals surface area (Å²) in [5.41, 5.74) is 0.800. The van der Waals surface area contributed by atoms with Crippen molar-refractivity contribution in [2.45, 2.75) is 19.3 Å². The number of rotatable bonds is 3. The Morgan fingerprint density at radius 1 is 1.42 bits per heavy atom. The van der Waals surface area contributed by atoms with Crippen LogP contribution in [0.1, 0.15) is 19.3 Å². The van der Waals surface area contributed by atoms with Gasteiger partial charge < -0.3 is 15.0 Å². The maximum Gasteiger partial charge on any atom is 0.227 e. The van der Waals surface area contributed by atoms with E-state index in [1.807, 2.05) is 31.1 Å². The highest BCUT2D eigenvalue weighted by Crippen LogP contribution is 2.19. The van der Waals surface area contributed by atoms with Crippen LogP contribution >= 0.6 is 0 Å². The van der Waals surface area contributed by atoms with Gasteiger partial charge in [0.2, 0.25) is 5.91 Å². The third-order valence-electron chi connectivity index (χ3n) is 3.29. The fourth-order valence-corrected chi connectivity index (χ4v) is 2.15. The summed E-state index contributed by atoms with van der Waals surface area (Å²) >= 11 is 0. The zero-order chi connectivity index (χ0) is 13.7. The van der Waals surface area contributed by atoms with Gasteiger partial charge in [-0.3, -0.25) is 4.79 Å². The number of hydrogen-bond donors (Lipinski definition) is 1. The average Bonchev–Trinajstić information content (AvgIpc) is 2.68. The van der Waals surface area contributed by atoms with Gasteiger partial charge in [-0.1, -0.05) is 0 Å². The number of nitrogens with one attached hydrogen (secondary N) is 1. The molecular weight excluding hydrogens is 242 g/mol. The number of carbonyl (C=O) groups excluding carboxylic acids is 1. The van der Waals surface area contributed by atoms with Gasteiger partial charge in [0.15, 0.2) is 0 Å². The monoisotopic (exact) mass is 263 g/mol. The number of aromatic nitrogens is 1. The van der Waals surface area contributed by atoms with E-state index >= 15 is 0 Å². The van der Waals surface area contributed by atoms with Crippen LogP contribution < -0.4 is 10.2 Å². The lowest BCUT2D eigenvalue weighted by Gasteiger charge is -2.15. The molecule has 0 radical (unpaired) electrons. The van der Waals surface area contributed by atoms with Crippen LogP contribution in [-0.2, 0) is 9.53 Å².